The van der Waals surface area contributed by atoms with E-state index in [0.717, 1.165) is 114 Å². The number of aliphatic hydroxyl groups is 1. The fourth-order valence-electron chi connectivity index (χ4n) is 11.9. The minimum Gasteiger partial charge on any atom is -0.462 e. The fraction of sp³-hybridized carbons (Fsp3) is 0.949. The van der Waals surface area contributed by atoms with E-state index in [9.17, 15) is 43.2 Å². The molecule has 19 heteroatoms. The second-order valence-corrected chi connectivity index (χ2v) is 32.9. The predicted octanol–water partition coefficient (Wildman–Crippen LogP) is 22.8. The highest BCUT2D eigenvalue weighted by atomic mass is 31.2. The van der Waals surface area contributed by atoms with Crippen molar-refractivity contribution in [2.24, 2.45) is 23.7 Å². The average molecular weight is 1420 g/mol. The Morgan fingerprint density at radius 3 is 0.639 bits per heavy atom. The van der Waals surface area contributed by atoms with Crippen LogP contribution in [0, 0.1) is 23.7 Å². The van der Waals surface area contributed by atoms with Crippen LogP contribution in [-0.4, -0.2) is 96.7 Å². The van der Waals surface area contributed by atoms with Gasteiger partial charge in [-0.05, 0) is 49.4 Å². The molecule has 0 saturated heterocycles. The van der Waals surface area contributed by atoms with Gasteiger partial charge in [-0.2, -0.15) is 0 Å². The molecule has 17 nitrogen and oxygen atoms in total. The van der Waals surface area contributed by atoms with Crippen molar-refractivity contribution in [3.63, 3.8) is 0 Å². The molecule has 2 unspecified atom stereocenters. The normalized spacial score (nSPS) is 14.1. The molecule has 0 aliphatic heterocycles. The maximum absolute atomic E-state index is 13.1. The lowest BCUT2D eigenvalue weighted by molar-refractivity contribution is -0.161. The first-order valence-corrected chi connectivity index (χ1v) is 43.2. The lowest BCUT2D eigenvalue weighted by atomic mass is 10.0. The van der Waals surface area contributed by atoms with Gasteiger partial charge in [-0.1, -0.05) is 344 Å². The van der Waals surface area contributed by atoms with Crippen LogP contribution in [0.15, 0.2) is 0 Å². The van der Waals surface area contributed by atoms with E-state index in [1.165, 1.54) is 193 Å². The molecule has 5 atom stereocenters. The Kier molecular flexibility index (Phi) is 65.9. The molecule has 0 amide bonds. The summed E-state index contributed by atoms with van der Waals surface area (Å²) >= 11 is 0. The average Bonchev–Trinajstić information content (AvgIpc) is 1.56. The molecule has 97 heavy (non-hydrogen) atoms. The van der Waals surface area contributed by atoms with Gasteiger partial charge in [0.25, 0.3) is 0 Å². The smallest absolute Gasteiger partial charge is 0.462 e. The molecule has 0 saturated carbocycles. The number of carbonyl (C=O) groups excluding carboxylic acids is 4. The number of phosphoric acid groups is 2. The van der Waals surface area contributed by atoms with Gasteiger partial charge in [0.2, 0.25) is 0 Å². The summed E-state index contributed by atoms with van der Waals surface area (Å²) in [7, 11) is -9.92. The van der Waals surface area contributed by atoms with Gasteiger partial charge in [-0.25, -0.2) is 9.13 Å². The van der Waals surface area contributed by atoms with E-state index >= 15 is 0 Å². The highest BCUT2D eigenvalue weighted by Gasteiger charge is 2.30. The number of ether oxygens (including phenoxy) is 4. The van der Waals surface area contributed by atoms with Crippen LogP contribution in [0.25, 0.3) is 0 Å². The summed E-state index contributed by atoms with van der Waals surface area (Å²) in [5.74, 6) is 0.925. The third-order valence-electron chi connectivity index (χ3n) is 18.1. The minimum atomic E-state index is -4.96. The fourth-order valence-corrected chi connectivity index (χ4v) is 13.5. The van der Waals surface area contributed by atoms with Crippen LogP contribution in [0.2, 0.25) is 0 Å². The Morgan fingerprint density at radius 2 is 0.433 bits per heavy atom. The lowest BCUT2D eigenvalue weighted by Gasteiger charge is -2.21. The Morgan fingerprint density at radius 1 is 0.258 bits per heavy atom. The standard InChI is InChI=1S/C78H152O17P2/c1-68(2)54-46-38-30-24-18-12-9-15-21-27-33-42-50-58-75(80)88-64-73(94-77(82)60-52-44-34-28-22-16-10-13-19-25-31-39-47-55-69(3)4)66-92-96(84,85)90-62-72(79)63-91-97(86,87)93-67-74(65-89-76(81)59-51-43-37-36-41-49-57-71(7)8)95-78(83)61-53-45-35-29-23-17-11-14-20-26-32-40-48-56-70(5)6/h68-74,79H,9-67H2,1-8H3,(H,84,85)(H,86,87)/t72-,73-,74-/m1/s1. The van der Waals surface area contributed by atoms with Crippen molar-refractivity contribution in [1.82, 2.24) is 0 Å². The van der Waals surface area contributed by atoms with E-state index < -0.39 is 97.5 Å². The number of aliphatic hydroxyl groups excluding tert-OH is 1. The third-order valence-corrected chi connectivity index (χ3v) is 20.0. The number of hydrogen-bond acceptors (Lipinski definition) is 15. The number of esters is 4. The molecule has 0 fully saturated rings. The molecule has 0 aromatic heterocycles. The molecule has 0 aromatic carbocycles. The summed E-state index contributed by atoms with van der Waals surface area (Å²) in [6, 6.07) is 0. The molecule has 0 heterocycles. The van der Waals surface area contributed by atoms with Crippen LogP contribution in [0.3, 0.4) is 0 Å². The van der Waals surface area contributed by atoms with Gasteiger partial charge in [0.1, 0.15) is 19.3 Å². The quantitative estimate of drug-likeness (QED) is 0.0222. The van der Waals surface area contributed by atoms with Gasteiger partial charge in [-0.15, -0.1) is 0 Å². The van der Waals surface area contributed by atoms with E-state index in [1.807, 2.05) is 0 Å². The van der Waals surface area contributed by atoms with Crippen molar-refractivity contribution >= 4 is 39.5 Å². The van der Waals surface area contributed by atoms with Crippen molar-refractivity contribution in [3.8, 4) is 0 Å². The molecule has 0 spiro atoms. The van der Waals surface area contributed by atoms with Crippen molar-refractivity contribution in [1.29, 1.82) is 0 Å². The lowest BCUT2D eigenvalue weighted by Crippen LogP contribution is -2.30. The topological polar surface area (TPSA) is 237 Å². The van der Waals surface area contributed by atoms with Gasteiger partial charge in [0, 0.05) is 25.7 Å². The maximum atomic E-state index is 13.1. The second-order valence-electron chi connectivity index (χ2n) is 30.0. The highest BCUT2D eigenvalue weighted by molar-refractivity contribution is 7.47. The van der Waals surface area contributed by atoms with Gasteiger partial charge >= 0.3 is 39.5 Å². The zero-order chi connectivity index (χ0) is 71.7. The number of unbranched alkanes of at least 4 members (excludes halogenated alkanes) is 41. The van der Waals surface area contributed by atoms with Crippen LogP contribution in [0.4, 0.5) is 0 Å². The summed E-state index contributed by atoms with van der Waals surface area (Å²) in [6.07, 6.45) is 52.8. The monoisotopic (exact) mass is 1420 g/mol. The molecule has 3 N–H and O–H groups in total. The molecule has 0 bridgehead atoms. The Hall–Kier alpha value is -1.94. The highest BCUT2D eigenvalue weighted by Crippen LogP contribution is 2.45. The number of phosphoric ester groups is 2. The first kappa shape index (κ1) is 95.1. The Labute approximate surface area is 594 Å². The number of rotatable bonds is 75. The van der Waals surface area contributed by atoms with Crippen molar-refractivity contribution in [2.45, 2.75) is 414 Å². The molecule has 0 rings (SSSR count). The van der Waals surface area contributed by atoms with Gasteiger partial charge in [0.05, 0.1) is 26.4 Å². The number of hydrogen-bond donors (Lipinski definition) is 3. The minimum absolute atomic E-state index is 0.106. The molecule has 0 aromatic rings. The third kappa shape index (κ3) is 72.2. The van der Waals surface area contributed by atoms with Crippen molar-refractivity contribution < 1.29 is 80.2 Å². The molecule has 0 radical (unpaired) electrons. The summed E-state index contributed by atoms with van der Waals surface area (Å²) < 4.78 is 68.6. The van der Waals surface area contributed by atoms with Gasteiger partial charge in [-0.3, -0.25) is 37.3 Å². The predicted molar refractivity (Wildman–Crippen MR) is 395 cm³/mol. The second kappa shape index (κ2) is 67.2. The molecule has 0 aliphatic rings. The van der Waals surface area contributed by atoms with Gasteiger partial charge in [0.15, 0.2) is 12.2 Å². The van der Waals surface area contributed by atoms with Crippen molar-refractivity contribution in [3.05, 3.63) is 0 Å². The van der Waals surface area contributed by atoms with E-state index in [4.69, 9.17) is 37.0 Å². The van der Waals surface area contributed by atoms with Crippen molar-refractivity contribution in [2.75, 3.05) is 39.6 Å². The summed E-state index contributed by atoms with van der Waals surface area (Å²) in [5, 5.41) is 10.6. The summed E-state index contributed by atoms with van der Waals surface area (Å²) in [4.78, 5) is 72.9. The van der Waals surface area contributed by atoms with Crippen LogP contribution < -0.4 is 0 Å². The van der Waals surface area contributed by atoms with Gasteiger partial charge < -0.3 is 33.8 Å². The van der Waals surface area contributed by atoms with E-state index in [2.05, 4.69) is 55.4 Å². The Bertz CT molecular complexity index is 1900. The zero-order valence-corrected chi connectivity index (χ0v) is 65.5. The first-order valence-electron chi connectivity index (χ1n) is 40.2. The first-order chi connectivity index (χ1) is 46.6. The van der Waals surface area contributed by atoms with Crippen LogP contribution >= 0.6 is 15.6 Å². The molecular formula is C78H152O17P2. The molecule has 0 aliphatic carbocycles. The molecule has 576 valence electrons. The van der Waals surface area contributed by atoms with E-state index in [1.54, 1.807) is 0 Å². The largest absolute Gasteiger partial charge is 0.472 e. The van der Waals surface area contributed by atoms with E-state index in [0.29, 0.717) is 31.6 Å². The van der Waals surface area contributed by atoms with Crippen LogP contribution in [-0.2, 0) is 65.4 Å². The summed E-state index contributed by atoms with van der Waals surface area (Å²) in [6.45, 7) is 14.2. The zero-order valence-electron chi connectivity index (χ0n) is 63.7. The summed E-state index contributed by atoms with van der Waals surface area (Å²) in [5.41, 5.74) is 0. The van der Waals surface area contributed by atoms with Crippen LogP contribution in [0.1, 0.15) is 396 Å². The van der Waals surface area contributed by atoms with E-state index in [-0.39, 0.29) is 25.7 Å². The number of carbonyl (C=O) groups is 4. The molecular weight excluding hydrogens is 1270 g/mol. The SMILES string of the molecule is CC(C)CCCCCCCCCCCCCCCC(=O)OC[C@H](COP(=O)(O)OC[C@@H](O)COP(=O)(O)OC[C@@H](COC(=O)CCCCCCCCC(C)C)OC(=O)CCCCCCCCCCCCCCCC(C)C)OC(=O)CCCCCCCCCCCCCCCC(C)C. The Balaban J connectivity index is 5.24. The maximum Gasteiger partial charge on any atom is 0.472 e. The van der Waals surface area contributed by atoms with Crippen LogP contribution in [0.5, 0.6) is 0 Å².